The highest BCUT2D eigenvalue weighted by atomic mass is 19.3. The predicted octanol–water partition coefficient (Wildman–Crippen LogP) is 5.48. The van der Waals surface area contributed by atoms with E-state index in [4.69, 9.17) is 4.74 Å². The first-order chi connectivity index (χ1) is 16.1. The van der Waals surface area contributed by atoms with Crippen LogP contribution in [0.2, 0.25) is 0 Å². The number of halogens is 2. The second-order valence-electron chi connectivity index (χ2n) is 7.90. The minimum absolute atomic E-state index is 0.0720. The van der Waals surface area contributed by atoms with Crippen molar-refractivity contribution in [2.45, 2.75) is 26.1 Å². The van der Waals surface area contributed by atoms with Crippen molar-refractivity contribution in [3.8, 4) is 11.6 Å². The van der Waals surface area contributed by atoms with Crippen molar-refractivity contribution < 1.29 is 13.5 Å². The van der Waals surface area contributed by atoms with Gasteiger partial charge < -0.3 is 14.6 Å². The number of ether oxygens (including phenoxy) is 1. The molecule has 33 heavy (non-hydrogen) atoms. The Morgan fingerprint density at radius 2 is 1.82 bits per heavy atom. The smallest absolute Gasteiger partial charge is 0.295 e. The van der Waals surface area contributed by atoms with Crippen LogP contribution in [-0.2, 0) is 6.54 Å². The Bertz CT molecular complexity index is 1230. The molecule has 4 aromatic rings. The Labute approximate surface area is 190 Å². The Hall–Kier alpha value is -3.78. The summed E-state index contributed by atoms with van der Waals surface area (Å²) in [7, 11) is 0. The van der Waals surface area contributed by atoms with Crippen LogP contribution in [0.15, 0.2) is 79.1 Å². The van der Waals surface area contributed by atoms with Crippen LogP contribution in [-0.4, -0.2) is 32.5 Å². The van der Waals surface area contributed by atoms with Gasteiger partial charge in [-0.2, -0.15) is 13.8 Å². The van der Waals surface area contributed by atoms with Gasteiger partial charge in [0.2, 0.25) is 5.88 Å². The average Bonchev–Trinajstić information content (AvgIpc) is 3.16. The van der Waals surface area contributed by atoms with Crippen LogP contribution in [0.3, 0.4) is 0 Å². The van der Waals surface area contributed by atoms with Crippen molar-refractivity contribution >= 4 is 11.5 Å². The summed E-state index contributed by atoms with van der Waals surface area (Å²) in [5, 5.41) is 3.27. The number of pyridine rings is 1. The molecule has 5 rings (SSSR count). The van der Waals surface area contributed by atoms with Crippen molar-refractivity contribution in [3.63, 3.8) is 0 Å². The van der Waals surface area contributed by atoms with Gasteiger partial charge in [-0.15, -0.1) is 0 Å². The lowest BCUT2D eigenvalue weighted by molar-refractivity contribution is -0.0451. The van der Waals surface area contributed by atoms with Crippen LogP contribution in [0.1, 0.15) is 23.1 Å². The maximum Gasteiger partial charge on any atom is 0.295 e. The number of benzene rings is 2. The monoisotopic (exact) mass is 447 g/mol. The SMILES string of the molecule is Cc1nccn1-c1ccc(Nc2ccc3c(n2)OC(c2ccccc2)CN(C(F)F)C3)cc1. The van der Waals surface area contributed by atoms with Gasteiger partial charge in [0.05, 0.1) is 0 Å². The van der Waals surface area contributed by atoms with E-state index in [9.17, 15) is 8.78 Å². The normalized spacial score (nSPS) is 16.2. The number of nitrogens with zero attached hydrogens (tertiary/aromatic N) is 4. The van der Waals surface area contributed by atoms with Gasteiger partial charge in [0.1, 0.15) is 17.7 Å². The molecule has 0 saturated heterocycles. The quantitative estimate of drug-likeness (QED) is 0.411. The number of fused-ring (bicyclic) bond motifs is 1. The van der Waals surface area contributed by atoms with Crippen molar-refractivity contribution in [2.75, 3.05) is 11.9 Å². The molecule has 0 radical (unpaired) electrons. The highest BCUT2D eigenvalue weighted by Gasteiger charge is 2.29. The van der Waals surface area contributed by atoms with E-state index in [2.05, 4.69) is 15.3 Å². The summed E-state index contributed by atoms with van der Waals surface area (Å²) in [6.07, 6.45) is 3.13. The fourth-order valence-electron chi connectivity index (χ4n) is 3.92. The van der Waals surface area contributed by atoms with Crippen LogP contribution in [0.5, 0.6) is 5.88 Å². The minimum Gasteiger partial charge on any atom is -0.468 e. The van der Waals surface area contributed by atoms with Crippen LogP contribution in [0.4, 0.5) is 20.3 Å². The Morgan fingerprint density at radius 1 is 1.03 bits per heavy atom. The van der Waals surface area contributed by atoms with Gasteiger partial charge >= 0.3 is 0 Å². The van der Waals surface area contributed by atoms with Gasteiger partial charge in [-0.1, -0.05) is 30.3 Å². The van der Waals surface area contributed by atoms with Crippen LogP contribution in [0.25, 0.3) is 5.69 Å². The molecule has 1 unspecified atom stereocenters. The van der Waals surface area contributed by atoms with E-state index in [-0.39, 0.29) is 13.1 Å². The molecule has 0 bridgehead atoms. The number of imidazole rings is 1. The highest BCUT2D eigenvalue weighted by molar-refractivity contribution is 5.59. The molecule has 2 aromatic carbocycles. The van der Waals surface area contributed by atoms with Crippen molar-refractivity contribution in [1.82, 2.24) is 19.4 Å². The van der Waals surface area contributed by atoms with E-state index in [1.54, 1.807) is 18.3 Å². The maximum atomic E-state index is 13.6. The maximum absolute atomic E-state index is 13.6. The van der Waals surface area contributed by atoms with Crippen LogP contribution in [0, 0.1) is 6.92 Å². The van der Waals surface area contributed by atoms with E-state index in [1.807, 2.05) is 72.3 Å². The third-order valence-corrected chi connectivity index (χ3v) is 5.66. The number of aryl methyl sites for hydroxylation is 1. The molecule has 3 heterocycles. The third kappa shape index (κ3) is 4.56. The number of hydrogen-bond donors (Lipinski definition) is 1. The number of aromatic nitrogens is 3. The van der Waals surface area contributed by atoms with E-state index in [1.165, 1.54) is 0 Å². The zero-order valence-electron chi connectivity index (χ0n) is 18.0. The number of alkyl halides is 2. The lowest BCUT2D eigenvalue weighted by Crippen LogP contribution is -2.32. The van der Waals surface area contributed by atoms with Crippen molar-refractivity contribution in [2.24, 2.45) is 0 Å². The van der Waals surface area contributed by atoms with Gasteiger partial charge in [0.15, 0.2) is 0 Å². The molecule has 1 aliphatic rings. The molecule has 0 spiro atoms. The van der Waals surface area contributed by atoms with Crippen molar-refractivity contribution in [1.29, 1.82) is 0 Å². The van der Waals surface area contributed by atoms with E-state index in [0.717, 1.165) is 27.7 Å². The molecular formula is C25H23F2N5O. The summed E-state index contributed by atoms with van der Waals surface area (Å²) < 4.78 is 35.4. The molecule has 168 valence electrons. The summed E-state index contributed by atoms with van der Waals surface area (Å²) in [5.41, 5.74) is 3.32. The van der Waals surface area contributed by atoms with E-state index in [0.29, 0.717) is 17.3 Å². The third-order valence-electron chi connectivity index (χ3n) is 5.66. The Morgan fingerprint density at radius 3 is 2.52 bits per heavy atom. The van der Waals surface area contributed by atoms with E-state index < -0.39 is 12.7 Å². The predicted molar refractivity (Wildman–Crippen MR) is 122 cm³/mol. The number of rotatable bonds is 5. The molecule has 6 nitrogen and oxygen atoms in total. The number of hydrogen-bond acceptors (Lipinski definition) is 5. The summed E-state index contributed by atoms with van der Waals surface area (Å²) >= 11 is 0. The minimum atomic E-state index is -2.58. The number of nitrogens with one attached hydrogen (secondary N) is 1. The topological polar surface area (TPSA) is 55.2 Å². The molecule has 1 aliphatic heterocycles. The second-order valence-corrected chi connectivity index (χ2v) is 7.90. The fourth-order valence-corrected chi connectivity index (χ4v) is 3.92. The van der Waals surface area contributed by atoms with Gasteiger partial charge in [-0.25, -0.2) is 9.88 Å². The Balaban J connectivity index is 1.39. The molecule has 0 saturated carbocycles. The van der Waals surface area contributed by atoms with Crippen LogP contribution < -0.4 is 10.1 Å². The van der Waals surface area contributed by atoms with Gasteiger partial charge in [-0.05, 0) is 48.9 Å². The highest BCUT2D eigenvalue weighted by Crippen LogP contribution is 2.32. The van der Waals surface area contributed by atoms with Gasteiger partial charge in [0, 0.05) is 42.4 Å². The zero-order valence-corrected chi connectivity index (χ0v) is 18.0. The lowest BCUT2D eigenvalue weighted by atomic mass is 10.1. The Kier molecular flexibility index (Phi) is 5.75. The molecule has 2 aromatic heterocycles. The first-order valence-electron chi connectivity index (χ1n) is 10.7. The number of anilines is 2. The molecule has 8 heteroatoms. The second kappa shape index (κ2) is 8.99. The summed E-state index contributed by atoms with van der Waals surface area (Å²) in [6, 6.07) is 20.8. The first-order valence-corrected chi connectivity index (χ1v) is 10.7. The average molecular weight is 447 g/mol. The molecule has 0 fully saturated rings. The van der Waals surface area contributed by atoms with Gasteiger partial charge in [0.25, 0.3) is 6.55 Å². The molecular weight excluding hydrogens is 424 g/mol. The standard InChI is InChI=1S/C25H23F2N5O/c1-17-28-13-14-32(17)21-10-8-20(9-11-21)29-23-12-7-19-15-31(25(26)27)16-22(33-24(19)30-23)18-5-3-2-4-6-18/h2-14,22,25H,15-16H2,1H3,(H,29,30). The van der Waals surface area contributed by atoms with Gasteiger partial charge in [-0.3, -0.25) is 0 Å². The summed E-state index contributed by atoms with van der Waals surface area (Å²) in [4.78, 5) is 9.96. The van der Waals surface area contributed by atoms with Crippen molar-refractivity contribution in [3.05, 3.63) is 96.1 Å². The summed E-state index contributed by atoms with van der Waals surface area (Å²) in [6.45, 7) is -0.483. The first kappa shape index (κ1) is 21.1. The summed E-state index contributed by atoms with van der Waals surface area (Å²) in [5.74, 6) is 1.85. The molecule has 0 amide bonds. The van der Waals surface area contributed by atoms with Crippen LogP contribution >= 0.6 is 0 Å². The molecule has 1 N–H and O–H groups in total. The molecule has 1 atom stereocenters. The van der Waals surface area contributed by atoms with E-state index >= 15 is 0 Å². The zero-order chi connectivity index (χ0) is 22.8. The fraction of sp³-hybridized carbons (Fsp3) is 0.200. The lowest BCUT2D eigenvalue weighted by Gasteiger charge is -2.22. The molecule has 0 aliphatic carbocycles. The largest absolute Gasteiger partial charge is 0.468 e.